The highest BCUT2D eigenvalue weighted by atomic mass is 19.3. The lowest BCUT2D eigenvalue weighted by Gasteiger charge is -2.16. The summed E-state index contributed by atoms with van der Waals surface area (Å²) >= 11 is 0. The number of carbonyl (C=O) groups excluding carboxylic acids is 1. The van der Waals surface area contributed by atoms with Crippen molar-refractivity contribution < 1.29 is 31.5 Å². The molecule has 0 aliphatic rings. The third-order valence-corrected chi connectivity index (χ3v) is 1.74. The first kappa shape index (κ1) is 13.1. The summed E-state index contributed by atoms with van der Waals surface area (Å²) in [4.78, 5) is 10.6. The standard InChI is InChI=1S/C10H5F5O2/c1-2-7(16)17-10(14,15)5-3-4-6(11)9(13)8(5)12/h2-4H,1H2. The van der Waals surface area contributed by atoms with Crippen LogP contribution in [0.5, 0.6) is 0 Å². The Kier molecular flexibility index (Phi) is 3.50. The predicted octanol–water partition coefficient (Wildman–Crippen LogP) is 2.88. The monoisotopic (exact) mass is 252 g/mol. The molecule has 1 aromatic rings. The molecule has 0 amide bonds. The lowest BCUT2D eigenvalue weighted by atomic mass is 10.2. The molecule has 1 rings (SSSR count). The Morgan fingerprint density at radius 3 is 2.35 bits per heavy atom. The first-order chi connectivity index (χ1) is 7.79. The molecule has 2 nitrogen and oxygen atoms in total. The van der Waals surface area contributed by atoms with Crippen LogP contribution in [0.3, 0.4) is 0 Å². The van der Waals surface area contributed by atoms with Gasteiger partial charge in [0, 0.05) is 6.08 Å². The summed E-state index contributed by atoms with van der Waals surface area (Å²) in [5, 5.41) is 0. The summed E-state index contributed by atoms with van der Waals surface area (Å²) in [7, 11) is 0. The lowest BCUT2D eigenvalue weighted by Crippen LogP contribution is -2.23. The average Bonchev–Trinajstić information content (AvgIpc) is 2.24. The molecule has 0 heterocycles. The van der Waals surface area contributed by atoms with Gasteiger partial charge in [0.15, 0.2) is 17.5 Å². The van der Waals surface area contributed by atoms with Crippen LogP contribution in [-0.4, -0.2) is 5.97 Å². The zero-order valence-electron chi connectivity index (χ0n) is 8.15. The Bertz CT molecular complexity index is 470. The number of hydrogen-bond donors (Lipinski definition) is 0. The van der Waals surface area contributed by atoms with Crippen molar-refractivity contribution in [2.45, 2.75) is 6.11 Å². The number of rotatable bonds is 3. The summed E-state index contributed by atoms with van der Waals surface area (Å²) in [5.74, 6) is -7.35. The van der Waals surface area contributed by atoms with Gasteiger partial charge in [-0.05, 0) is 12.1 Å². The normalized spacial score (nSPS) is 11.1. The fourth-order valence-electron chi connectivity index (χ4n) is 0.974. The van der Waals surface area contributed by atoms with Crippen LogP contribution in [0.1, 0.15) is 5.56 Å². The Morgan fingerprint density at radius 1 is 1.24 bits per heavy atom. The van der Waals surface area contributed by atoms with Crippen LogP contribution in [0.4, 0.5) is 22.0 Å². The van der Waals surface area contributed by atoms with E-state index in [4.69, 9.17) is 0 Å². The molecule has 0 N–H and O–H groups in total. The molecule has 92 valence electrons. The van der Waals surface area contributed by atoms with Gasteiger partial charge < -0.3 is 4.74 Å². The van der Waals surface area contributed by atoms with Crippen LogP contribution >= 0.6 is 0 Å². The number of hydrogen-bond acceptors (Lipinski definition) is 2. The molecular weight excluding hydrogens is 247 g/mol. The third kappa shape index (κ3) is 2.61. The van der Waals surface area contributed by atoms with E-state index in [0.29, 0.717) is 12.1 Å². The van der Waals surface area contributed by atoms with Crippen LogP contribution in [-0.2, 0) is 15.6 Å². The Labute approximate surface area is 92.3 Å². The zero-order chi connectivity index (χ0) is 13.2. The topological polar surface area (TPSA) is 26.3 Å². The van der Waals surface area contributed by atoms with Crippen molar-refractivity contribution in [2.24, 2.45) is 0 Å². The quantitative estimate of drug-likeness (QED) is 0.358. The molecule has 1 aromatic carbocycles. The fraction of sp³-hybridized carbons (Fsp3) is 0.100. The maximum atomic E-state index is 13.1. The SMILES string of the molecule is C=CC(=O)OC(F)(F)c1ccc(F)c(F)c1F. The van der Waals surface area contributed by atoms with Crippen molar-refractivity contribution in [1.29, 1.82) is 0 Å². The predicted molar refractivity (Wildman–Crippen MR) is 46.5 cm³/mol. The number of ether oxygens (including phenoxy) is 1. The van der Waals surface area contributed by atoms with Crippen molar-refractivity contribution in [3.05, 3.63) is 47.8 Å². The first-order valence-corrected chi connectivity index (χ1v) is 4.16. The van der Waals surface area contributed by atoms with Gasteiger partial charge in [-0.2, -0.15) is 8.78 Å². The van der Waals surface area contributed by atoms with E-state index >= 15 is 0 Å². The second-order valence-corrected chi connectivity index (χ2v) is 2.86. The Morgan fingerprint density at radius 2 is 1.82 bits per heavy atom. The van der Waals surface area contributed by atoms with Crippen LogP contribution in [0.15, 0.2) is 24.8 Å². The summed E-state index contributed by atoms with van der Waals surface area (Å²) in [6.45, 7) is 2.86. The summed E-state index contributed by atoms with van der Waals surface area (Å²) < 4.78 is 68.0. The molecule has 0 atom stereocenters. The van der Waals surface area contributed by atoms with E-state index in [-0.39, 0.29) is 6.07 Å². The molecule has 0 aliphatic carbocycles. The molecule has 0 saturated heterocycles. The van der Waals surface area contributed by atoms with E-state index in [0.717, 1.165) is 0 Å². The highest BCUT2D eigenvalue weighted by Gasteiger charge is 2.40. The maximum Gasteiger partial charge on any atom is 0.431 e. The van der Waals surface area contributed by atoms with Gasteiger partial charge in [-0.3, -0.25) is 0 Å². The van der Waals surface area contributed by atoms with Gasteiger partial charge >= 0.3 is 12.1 Å². The molecule has 0 unspecified atom stereocenters. The number of alkyl halides is 2. The van der Waals surface area contributed by atoms with Crippen molar-refractivity contribution >= 4 is 5.97 Å². The maximum absolute atomic E-state index is 13.1. The second kappa shape index (κ2) is 4.52. The van der Waals surface area contributed by atoms with Gasteiger partial charge in [-0.25, -0.2) is 18.0 Å². The molecule has 0 spiro atoms. The minimum atomic E-state index is -4.41. The highest BCUT2D eigenvalue weighted by Crippen LogP contribution is 2.33. The summed E-state index contributed by atoms with van der Waals surface area (Å²) in [5.41, 5.74) is -1.58. The van der Waals surface area contributed by atoms with Gasteiger partial charge in [0.1, 0.15) is 5.56 Å². The van der Waals surface area contributed by atoms with Crippen LogP contribution in [0.2, 0.25) is 0 Å². The molecule has 0 radical (unpaired) electrons. The second-order valence-electron chi connectivity index (χ2n) is 2.86. The van der Waals surface area contributed by atoms with Gasteiger partial charge in [-0.1, -0.05) is 6.58 Å². The van der Waals surface area contributed by atoms with Crippen LogP contribution < -0.4 is 0 Å². The molecule has 17 heavy (non-hydrogen) atoms. The van der Waals surface area contributed by atoms with E-state index in [1.165, 1.54) is 0 Å². The molecule has 0 saturated carbocycles. The highest BCUT2D eigenvalue weighted by molar-refractivity contribution is 5.81. The van der Waals surface area contributed by atoms with E-state index < -0.39 is 35.1 Å². The molecule has 0 aromatic heterocycles. The minimum absolute atomic E-state index is 0.282. The van der Waals surface area contributed by atoms with Gasteiger partial charge in [0.05, 0.1) is 0 Å². The van der Waals surface area contributed by atoms with Crippen molar-refractivity contribution in [3.8, 4) is 0 Å². The molecular formula is C10H5F5O2. The largest absolute Gasteiger partial charge is 0.431 e. The summed E-state index contributed by atoms with van der Waals surface area (Å²) in [6, 6.07) is 0.577. The minimum Gasteiger partial charge on any atom is -0.394 e. The average molecular weight is 252 g/mol. The van der Waals surface area contributed by atoms with E-state index in [2.05, 4.69) is 11.3 Å². The number of esters is 1. The van der Waals surface area contributed by atoms with E-state index in [9.17, 15) is 26.7 Å². The van der Waals surface area contributed by atoms with E-state index in [1.807, 2.05) is 0 Å². The molecule has 7 heteroatoms. The Hall–Kier alpha value is -1.92. The number of carbonyl (C=O) groups is 1. The van der Waals surface area contributed by atoms with Crippen molar-refractivity contribution in [2.75, 3.05) is 0 Å². The van der Waals surface area contributed by atoms with Crippen LogP contribution in [0, 0.1) is 17.5 Å². The third-order valence-electron chi connectivity index (χ3n) is 1.74. The van der Waals surface area contributed by atoms with Gasteiger partial charge in [0.2, 0.25) is 0 Å². The fourth-order valence-corrected chi connectivity index (χ4v) is 0.974. The van der Waals surface area contributed by atoms with Crippen molar-refractivity contribution in [3.63, 3.8) is 0 Å². The number of benzene rings is 1. The lowest BCUT2D eigenvalue weighted by molar-refractivity contribution is -0.237. The first-order valence-electron chi connectivity index (χ1n) is 4.16. The summed E-state index contributed by atoms with van der Waals surface area (Å²) in [6.07, 6.45) is -3.99. The molecule has 0 fully saturated rings. The number of halogens is 5. The van der Waals surface area contributed by atoms with E-state index in [1.54, 1.807) is 0 Å². The van der Waals surface area contributed by atoms with Crippen LogP contribution in [0.25, 0.3) is 0 Å². The smallest absolute Gasteiger partial charge is 0.394 e. The van der Waals surface area contributed by atoms with Gasteiger partial charge in [0.25, 0.3) is 0 Å². The Balaban J connectivity index is 3.19. The van der Waals surface area contributed by atoms with Gasteiger partial charge in [-0.15, -0.1) is 0 Å². The van der Waals surface area contributed by atoms with Crippen molar-refractivity contribution in [1.82, 2.24) is 0 Å². The molecule has 0 bridgehead atoms. The zero-order valence-corrected chi connectivity index (χ0v) is 8.15. The molecule has 0 aliphatic heterocycles.